The van der Waals surface area contributed by atoms with Gasteiger partial charge in [0.05, 0.1) is 39.1 Å². The first-order valence-electron chi connectivity index (χ1n) is 14.6. The van der Waals surface area contributed by atoms with Crippen LogP contribution in [-0.4, -0.2) is 35.6 Å². The van der Waals surface area contributed by atoms with Crippen LogP contribution in [-0.2, 0) is 11.0 Å². The molecular weight excluding hydrogens is 584 g/mol. The van der Waals surface area contributed by atoms with E-state index in [1.807, 2.05) is 54.6 Å². The van der Waals surface area contributed by atoms with Gasteiger partial charge >= 0.3 is 5.97 Å². The van der Waals surface area contributed by atoms with Crippen molar-refractivity contribution in [3.05, 3.63) is 107 Å². The molecule has 45 heavy (non-hydrogen) atoms. The number of rotatable bonds is 10. The minimum absolute atomic E-state index is 0.0446. The molecule has 0 saturated carbocycles. The zero-order valence-corrected chi connectivity index (χ0v) is 28.1. The molecule has 8 heteroatoms. The van der Waals surface area contributed by atoms with Gasteiger partial charge in [0.1, 0.15) is 11.5 Å². The first-order chi connectivity index (χ1) is 21.4. The van der Waals surface area contributed by atoms with Crippen molar-refractivity contribution in [2.45, 2.75) is 45.5 Å². The lowest BCUT2D eigenvalue weighted by atomic mass is 10.1. The number of methoxy groups -OCH3 is 3. The number of esters is 1. The fourth-order valence-corrected chi connectivity index (χ4v) is 5.00. The smallest absolute Gasteiger partial charge is 0.343 e. The number of carbonyl (C=O) groups is 1. The molecule has 0 heterocycles. The van der Waals surface area contributed by atoms with Crippen molar-refractivity contribution in [2.75, 3.05) is 21.3 Å². The van der Waals surface area contributed by atoms with Gasteiger partial charge in [0.25, 0.3) is 0 Å². The molecule has 0 saturated heterocycles. The topological polar surface area (TPSA) is 72.5 Å². The van der Waals surface area contributed by atoms with Gasteiger partial charge in [0, 0.05) is 5.56 Å². The first-order valence-corrected chi connectivity index (χ1v) is 17.5. The highest BCUT2D eigenvalue weighted by Crippen LogP contribution is 2.39. The lowest BCUT2D eigenvalue weighted by Gasteiger charge is -2.36. The third-order valence-corrected chi connectivity index (χ3v) is 12.2. The van der Waals surface area contributed by atoms with Crippen molar-refractivity contribution in [1.82, 2.24) is 0 Å². The van der Waals surface area contributed by atoms with Gasteiger partial charge in [-0.15, -0.1) is 0 Å². The molecule has 0 amide bonds. The molecule has 0 radical (unpaired) electrons. The third kappa shape index (κ3) is 8.47. The van der Waals surface area contributed by atoms with E-state index >= 15 is 0 Å². The molecule has 0 spiro atoms. The average Bonchev–Trinajstić information content (AvgIpc) is 3.03. The Morgan fingerprint density at radius 1 is 0.733 bits per heavy atom. The maximum Gasteiger partial charge on any atom is 0.343 e. The van der Waals surface area contributed by atoms with E-state index < -0.39 is 14.3 Å². The fraction of sp³-hybridized carbons (Fsp3) is 0.270. The van der Waals surface area contributed by atoms with Crippen molar-refractivity contribution in [1.29, 1.82) is 0 Å². The van der Waals surface area contributed by atoms with Crippen LogP contribution >= 0.6 is 0 Å². The molecule has 0 unspecified atom stereocenters. The number of ether oxygens (including phenoxy) is 5. The highest BCUT2D eigenvalue weighted by atomic mass is 28.4. The summed E-state index contributed by atoms with van der Waals surface area (Å²) in [5.74, 6) is 8.87. The SMILES string of the molecule is COc1ccc(C(=O)Oc2c(C#Cc3ccc(Oc4ccccc4)c(OC)c3)cc(CO[Si](C)(C)C(C)(C)C)cc2OC)cc1. The molecule has 0 N–H and O–H groups in total. The summed E-state index contributed by atoms with van der Waals surface area (Å²) in [5, 5.41) is 0.0446. The van der Waals surface area contributed by atoms with Crippen molar-refractivity contribution >= 4 is 14.3 Å². The number of hydrogen-bond acceptors (Lipinski definition) is 7. The molecule has 0 bridgehead atoms. The summed E-state index contributed by atoms with van der Waals surface area (Å²) in [4.78, 5) is 13.2. The quantitative estimate of drug-likeness (QED) is 0.0757. The van der Waals surface area contributed by atoms with Gasteiger partial charge in [-0.1, -0.05) is 50.8 Å². The molecular formula is C37H40O7Si. The molecule has 234 valence electrons. The van der Waals surface area contributed by atoms with Crippen LogP contribution in [0.25, 0.3) is 0 Å². The largest absolute Gasteiger partial charge is 0.497 e. The number of benzene rings is 4. The van der Waals surface area contributed by atoms with Crippen LogP contribution in [0.1, 0.15) is 47.8 Å². The van der Waals surface area contributed by atoms with Gasteiger partial charge in [-0.2, -0.15) is 0 Å². The number of carbonyl (C=O) groups excluding carboxylic acids is 1. The molecule has 4 aromatic carbocycles. The van der Waals surface area contributed by atoms with Crippen LogP contribution in [0.2, 0.25) is 18.1 Å². The second-order valence-corrected chi connectivity index (χ2v) is 16.7. The van der Waals surface area contributed by atoms with E-state index in [-0.39, 0.29) is 10.8 Å². The van der Waals surface area contributed by atoms with Crippen LogP contribution in [0.15, 0.2) is 84.9 Å². The van der Waals surface area contributed by atoms with Gasteiger partial charge < -0.3 is 28.1 Å². The van der Waals surface area contributed by atoms with E-state index in [9.17, 15) is 4.79 Å². The lowest BCUT2D eigenvalue weighted by molar-refractivity contribution is 0.0729. The van der Waals surface area contributed by atoms with Crippen LogP contribution in [0, 0.1) is 11.8 Å². The molecule has 0 aromatic heterocycles. The summed E-state index contributed by atoms with van der Waals surface area (Å²) >= 11 is 0. The standard InChI is InChI=1S/C37H40O7Si/c1-37(2,3)45(7,8)42-25-27-22-29(35(34(24-27)41-6)44-36(38)28-17-19-30(39-4)20-18-28)16-14-26-15-21-32(33(23-26)40-5)43-31-12-10-9-11-13-31/h9-13,15,17-24H,25H2,1-8H3. The molecule has 4 rings (SSSR count). The van der Waals surface area contributed by atoms with Crippen LogP contribution in [0.4, 0.5) is 0 Å². The van der Waals surface area contributed by atoms with Crippen molar-refractivity contribution in [3.8, 4) is 46.3 Å². The monoisotopic (exact) mass is 624 g/mol. The van der Waals surface area contributed by atoms with Crippen molar-refractivity contribution in [2.24, 2.45) is 0 Å². The van der Waals surface area contributed by atoms with Gasteiger partial charge in [-0.25, -0.2) is 4.79 Å². The molecule has 0 aliphatic heterocycles. The maximum atomic E-state index is 13.2. The van der Waals surface area contributed by atoms with Gasteiger partial charge in [0.2, 0.25) is 0 Å². The average molecular weight is 625 g/mol. The third-order valence-electron chi connectivity index (χ3n) is 7.74. The Balaban J connectivity index is 1.71. The van der Waals surface area contributed by atoms with Gasteiger partial charge in [-0.05, 0) is 90.4 Å². The molecule has 0 atom stereocenters. The summed E-state index contributed by atoms with van der Waals surface area (Å²) in [7, 11) is 2.65. The Bertz CT molecular complexity index is 1680. The van der Waals surface area contributed by atoms with Crippen LogP contribution in [0.5, 0.6) is 34.5 Å². The van der Waals surface area contributed by atoms with E-state index in [1.54, 1.807) is 44.6 Å². The summed E-state index contributed by atoms with van der Waals surface area (Å²) < 4.78 is 34.9. The van der Waals surface area contributed by atoms with E-state index in [0.29, 0.717) is 52.0 Å². The zero-order chi connectivity index (χ0) is 32.6. The Morgan fingerprint density at radius 2 is 1.42 bits per heavy atom. The number of para-hydroxylation sites is 1. The summed E-state index contributed by atoms with van der Waals surface area (Å²) in [6, 6.07) is 25.3. The fourth-order valence-electron chi connectivity index (χ4n) is 4.04. The van der Waals surface area contributed by atoms with E-state index in [4.69, 9.17) is 28.1 Å². The summed E-state index contributed by atoms with van der Waals surface area (Å²) in [6.45, 7) is 11.4. The maximum absolute atomic E-state index is 13.2. The van der Waals surface area contributed by atoms with E-state index in [0.717, 1.165) is 5.56 Å². The zero-order valence-electron chi connectivity index (χ0n) is 27.1. The molecule has 7 nitrogen and oxygen atoms in total. The lowest BCUT2D eigenvalue weighted by Crippen LogP contribution is -2.40. The Morgan fingerprint density at radius 3 is 2.04 bits per heavy atom. The highest BCUT2D eigenvalue weighted by Gasteiger charge is 2.37. The van der Waals surface area contributed by atoms with Crippen molar-refractivity contribution < 1.29 is 32.9 Å². The second kappa shape index (κ2) is 14.4. The van der Waals surface area contributed by atoms with Crippen molar-refractivity contribution in [3.63, 3.8) is 0 Å². The normalized spacial score (nSPS) is 11.2. The van der Waals surface area contributed by atoms with Crippen LogP contribution in [0.3, 0.4) is 0 Å². The Labute approximate surface area is 267 Å². The predicted octanol–water partition coefficient (Wildman–Crippen LogP) is 8.65. The highest BCUT2D eigenvalue weighted by molar-refractivity contribution is 6.74. The Hall–Kier alpha value is -4.71. The number of hydrogen-bond donors (Lipinski definition) is 0. The van der Waals surface area contributed by atoms with E-state index in [1.165, 1.54) is 7.11 Å². The van der Waals surface area contributed by atoms with Crippen LogP contribution < -0.4 is 23.7 Å². The van der Waals surface area contributed by atoms with E-state index in [2.05, 4.69) is 45.7 Å². The first kappa shape index (κ1) is 33.2. The minimum Gasteiger partial charge on any atom is -0.497 e. The molecule has 4 aromatic rings. The summed E-state index contributed by atoms with van der Waals surface area (Å²) in [6.07, 6.45) is 0. The molecule has 0 aliphatic carbocycles. The second-order valence-electron chi connectivity index (χ2n) is 11.9. The minimum atomic E-state index is -2.04. The predicted molar refractivity (Wildman–Crippen MR) is 178 cm³/mol. The Kier molecular flexibility index (Phi) is 10.6. The van der Waals surface area contributed by atoms with Gasteiger partial charge in [0.15, 0.2) is 31.3 Å². The summed E-state index contributed by atoms with van der Waals surface area (Å²) in [5.41, 5.74) is 2.38. The molecule has 0 fully saturated rings. The van der Waals surface area contributed by atoms with Gasteiger partial charge in [-0.3, -0.25) is 0 Å². The molecule has 0 aliphatic rings.